The van der Waals surface area contributed by atoms with Gasteiger partial charge in [0, 0.05) is 6.42 Å². The van der Waals surface area contributed by atoms with Gasteiger partial charge in [-0.2, -0.15) is 8.42 Å². The van der Waals surface area contributed by atoms with Crippen molar-refractivity contribution in [1.82, 2.24) is 5.32 Å². The molecule has 0 aromatic heterocycles. The molecule has 1 heterocycles. The third kappa shape index (κ3) is 27.5. The van der Waals surface area contributed by atoms with E-state index in [0.717, 1.165) is 38.5 Å². The second-order valence-electron chi connectivity index (χ2n) is 16.0. The fourth-order valence-corrected chi connectivity index (χ4v) is 7.79. The van der Waals surface area contributed by atoms with Crippen LogP contribution >= 0.6 is 0 Å². The van der Waals surface area contributed by atoms with Gasteiger partial charge in [0.25, 0.3) is 0 Å². The van der Waals surface area contributed by atoms with Crippen LogP contribution in [-0.2, 0) is 28.9 Å². The lowest BCUT2D eigenvalue weighted by Crippen LogP contribution is -2.61. The number of rotatable bonds is 38. The first kappa shape index (κ1) is 52.9. The monoisotopic (exact) mass is 822 g/mol. The lowest BCUT2D eigenvalue weighted by Gasteiger charge is -2.41. The van der Waals surface area contributed by atoms with Crippen LogP contribution in [0.1, 0.15) is 200 Å². The van der Waals surface area contributed by atoms with Gasteiger partial charge in [-0.1, -0.05) is 187 Å². The van der Waals surface area contributed by atoms with Gasteiger partial charge in [0.05, 0.1) is 25.4 Å². The molecule has 0 spiro atoms. The topological polar surface area (TPSA) is 192 Å². The summed E-state index contributed by atoms with van der Waals surface area (Å²) >= 11 is 0. The lowest BCUT2D eigenvalue weighted by atomic mass is 9.99. The van der Waals surface area contributed by atoms with Crippen molar-refractivity contribution in [3.63, 3.8) is 0 Å². The number of carbonyl (C=O) groups is 1. The Balaban J connectivity index is 2.53. The summed E-state index contributed by atoms with van der Waals surface area (Å²) in [5.41, 5.74) is 0. The van der Waals surface area contributed by atoms with Crippen molar-refractivity contribution >= 4 is 16.3 Å². The predicted molar refractivity (Wildman–Crippen MR) is 222 cm³/mol. The highest BCUT2D eigenvalue weighted by molar-refractivity contribution is 7.80. The smallest absolute Gasteiger partial charge is 0.394 e. The Bertz CT molecular complexity index is 1060. The summed E-state index contributed by atoms with van der Waals surface area (Å²) in [4.78, 5) is 13.0. The summed E-state index contributed by atoms with van der Waals surface area (Å²) < 4.78 is 47.5. The van der Waals surface area contributed by atoms with Gasteiger partial charge in [0.15, 0.2) is 6.29 Å². The highest BCUT2D eigenvalue weighted by Crippen LogP contribution is 2.26. The number of allylic oxidation sites excluding steroid dienone is 1. The molecule has 1 aliphatic rings. The number of carbonyl (C=O) groups excluding carboxylic acids is 1. The minimum atomic E-state index is -5.08. The molecule has 0 aromatic rings. The number of hydrogen-bond donors (Lipinski definition) is 6. The van der Waals surface area contributed by atoms with Crippen LogP contribution in [0, 0.1) is 0 Å². The SMILES string of the molecule is CCCCCCCCCCCCC/C=C/[C@@H](O)[C@H](CO[C@@H]1O[C@H](CO)[C@H](O)[C@H](OS(=O)(=O)O)[C@H]1O)NC(=O)CCCCCCCCCCCCCCCCCC. The maximum Gasteiger partial charge on any atom is 0.397 e. The molecule has 0 saturated carbocycles. The van der Waals surface area contributed by atoms with Gasteiger partial charge >= 0.3 is 10.4 Å². The molecule has 1 amide bonds. The quantitative estimate of drug-likeness (QED) is 0.0199. The molecule has 12 nitrogen and oxygen atoms in total. The zero-order chi connectivity index (χ0) is 41.3. The predicted octanol–water partition coefficient (Wildman–Crippen LogP) is 8.38. The fourth-order valence-electron chi connectivity index (χ4n) is 7.28. The first-order valence-electron chi connectivity index (χ1n) is 22.6. The third-order valence-electron chi connectivity index (χ3n) is 10.8. The van der Waals surface area contributed by atoms with Crippen molar-refractivity contribution in [1.29, 1.82) is 0 Å². The van der Waals surface area contributed by atoms with Gasteiger partial charge in [0.1, 0.15) is 24.4 Å². The molecule has 0 aliphatic carbocycles. The van der Waals surface area contributed by atoms with Crippen LogP contribution in [0.5, 0.6) is 0 Å². The van der Waals surface area contributed by atoms with E-state index in [1.54, 1.807) is 6.08 Å². The molecule has 0 bridgehead atoms. The highest BCUT2D eigenvalue weighted by atomic mass is 32.3. The number of amides is 1. The Kier molecular flexibility index (Phi) is 32.7. The second kappa shape index (κ2) is 34.7. The van der Waals surface area contributed by atoms with E-state index >= 15 is 0 Å². The third-order valence-corrected chi connectivity index (χ3v) is 11.3. The summed E-state index contributed by atoms with van der Waals surface area (Å²) in [5.74, 6) is -0.261. The van der Waals surface area contributed by atoms with Gasteiger partial charge < -0.3 is 35.2 Å². The van der Waals surface area contributed by atoms with E-state index in [1.807, 2.05) is 6.08 Å². The average Bonchev–Trinajstić information content (AvgIpc) is 3.16. The zero-order valence-electron chi connectivity index (χ0n) is 35.2. The Hall–Kier alpha value is -1.16. The largest absolute Gasteiger partial charge is 0.397 e. The Morgan fingerprint density at radius 2 is 1.12 bits per heavy atom. The molecular formula is C43H83NO11S. The van der Waals surface area contributed by atoms with E-state index < -0.39 is 59.9 Å². The Morgan fingerprint density at radius 1 is 0.696 bits per heavy atom. The lowest BCUT2D eigenvalue weighted by molar-refractivity contribution is -0.298. The number of aliphatic hydroxyl groups is 4. The minimum Gasteiger partial charge on any atom is -0.394 e. The van der Waals surface area contributed by atoms with Crippen LogP contribution in [0.25, 0.3) is 0 Å². The Labute approximate surface area is 340 Å². The fraction of sp³-hybridized carbons (Fsp3) is 0.930. The Morgan fingerprint density at radius 3 is 1.55 bits per heavy atom. The van der Waals surface area contributed by atoms with Crippen LogP contribution in [0.2, 0.25) is 0 Å². The first-order valence-corrected chi connectivity index (χ1v) is 23.9. The molecule has 1 saturated heterocycles. The van der Waals surface area contributed by atoms with Gasteiger partial charge in [-0.25, -0.2) is 4.18 Å². The maximum absolute atomic E-state index is 13.0. The summed E-state index contributed by atoms with van der Waals surface area (Å²) in [5, 5.41) is 44.6. The number of hydrogen-bond acceptors (Lipinski definition) is 10. The summed E-state index contributed by atoms with van der Waals surface area (Å²) in [7, 11) is -5.08. The standard InChI is InChI=1S/C43H83NO11S/c1-3-5-7-9-11-13-15-17-18-19-21-23-25-27-29-31-33-39(47)44-36(37(46)32-30-28-26-24-22-20-16-14-12-10-8-6-4-2)35-53-43-41(49)42(55-56(50,51)52)40(48)38(34-45)54-43/h30,32,36-38,40-43,45-46,48-49H,3-29,31,33-35H2,1-2H3,(H,44,47)(H,50,51,52)/b32-30+/t36-,37+,38+,40-,41+,42-,43+/m0/s1. The van der Waals surface area contributed by atoms with Crippen molar-refractivity contribution in [2.45, 2.75) is 243 Å². The van der Waals surface area contributed by atoms with E-state index in [2.05, 4.69) is 23.3 Å². The first-order chi connectivity index (χ1) is 27.0. The van der Waals surface area contributed by atoms with Crippen molar-refractivity contribution in [3.8, 4) is 0 Å². The van der Waals surface area contributed by atoms with Crippen molar-refractivity contribution < 1.29 is 51.8 Å². The number of ether oxygens (including phenoxy) is 2. The van der Waals surface area contributed by atoms with Gasteiger partial charge in [-0.3, -0.25) is 9.35 Å². The van der Waals surface area contributed by atoms with Gasteiger partial charge in [-0.15, -0.1) is 0 Å². The molecule has 7 atom stereocenters. The van der Waals surface area contributed by atoms with Crippen LogP contribution in [0.4, 0.5) is 0 Å². The van der Waals surface area contributed by atoms with Crippen molar-refractivity contribution in [3.05, 3.63) is 12.2 Å². The van der Waals surface area contributed by atoms with E-state index in [1.165, 1.54) is 135 Å². The molecule has 56 heavy (non-hydrogen) atoms. The molecule has 0 aromatic carbocycles. The van der Waals surface area contributed by atoms with Gasteiger partial charge in [-0.05, 0) is 19.3 Å². The summed E-state index contributed by atoms with van der Waals surface area (Å²) in [6.45, 7) is 3.38. The van der Waals surface area contributed by atoms with Crippen LogP contribution < -0.4 is 5.32 Å². The van der Waals surface area contributed by atoms with E-state index in [9.17, 15) is 33.6 Å². The van der Waals surface area contributed by atoms with E-state index in [0.29, 0.717) is 6.42 Å². The van der Waals surface area contributed by atoms with Gasteiger partial charge in [0.2, 0.25) is 5.91 Å². The molecule has 13 heteroatoms. The zero-order valence-corrected chi connectivity index (χ0v) is 36.0. The maximum atomic E-state index is 13.0. The molecule has 1 fully saturated rings. The van der Waals surface area contributed by atoms with Crippen LogP contribution in [0.3, 0.4) is 0 Å². The number of unbranched alkanes of at least 4 members (excludes halogenated alkanes) is 26. The van der Waals surface area contributed by atoms with Crippen LogP contribution in [-0.4, -0.2) is 95.4 Å². The van der Waals surface area contributed by atoms with Crippen LogP contribution in [0.15, 0.2) is 12.2 Å². The summed E-state index contributed by atoms with van der Waals surface area (Å²) in [6, 6.07) is -0.937. The minimum absolute atomic E-state index is 0.261. The highest BCUT2D eigenvalue weighted by Gasteiger charge is 2.48. The molecule has 0 unspecified atom stereocenters. The summed E-state index contributed by atoms with van der Waals surface area (Å²) in [6.07, 6.45) is 28.2. The second-order valence-corrected chi connectivity index (χ2v) is 17.0. The van der Waals surface area contributed by atoms with Crippen molar-refractivity contribution in [2.24, 2.45) is 0 Å². The molecular weight excluding hydrogens is 739 g/mol. The molecule has 332 valence electrons. The van der Waals surface area contributed by atoms with E-state index in [4.69, 9.17) is 14.0 Å². The molecule has 0 radical (unpaired) electrons. The molecule has 6 N–H and O–H groups in total. The normalized spacial score (nSPS) is 21.4. The average molecular weight is 822 g/mol. The van der Waals surface area contributed by atoms with Crippen molar-refractivity contribution in [2.75, 3.05) is 13.2 Å². The number of aliphatic hydroxyl groups excluding tert-OH is 4. The number of nitrogens with one attached hydrogen (secondary N) is 1. The molecule has 1 rings (SSSR count). The molecule has 1 aliphatic heterocycles. The van der Waals surface area contributed by atoms with E-state index in [-0.39, 0.29) is 18.9 Å².